The van der Waals surface area contributed by atoms with Crippen molar-refractivity contribution >= 4 is 40.0 Å². The molecule has 0 atom stereocenters. The molecule has 3 aromatic rings. The van der Waals surface area contributed by atoms with Gasteiger partial charge < -0.3 is 15.0 Å². The van der Waals surface area contributed by atoms with E-state index in [1.807, 2.05) is 0 Å². The fraction of sp³-hybridized carbons (Fsp3) is 0.300. The summed E-state index contributed by atoms with van der Waals surface area (Å²) in [6.07, 6.45) is -1.10. The van der Waals surface area contributed by atoms with Crippen LogP contribution in [0.25, 0.3) is 10.9 Å². The lowest BCUT2D eigenvalue weighted by atomic mass is 10.2. The van der Waals surface area contributed by atoms with Crippen LogP contribution in [0.1, 0.15) is 22.6 Å². The fourth-order valence-electron chi connectivity index (χ4n) is 3.21. The number of amides is 2. The number of alkyl halides is 2. The Balaban J connectivity index is 1.51. The van der Waals surface area contributed by atoms with Crippen molar-refractivity contribution in [3.05, 3.63) is 52.9 Å². The zero-order valence-corrected chi connectivity index (χ0v) is 17.0. The number of hydrogen-bond acceptors (Lipinski definition) is 5. The Morgan fingerprint density at radius 3 is 2.74 bits per heavy atom. The molecule has 3 heterocycles. The van der Waals surface area contributed by atoms with Gasteiger partial charge in [0.05, 0.1) is 29.4 Å². The molecule has 8 nitrogen and oxygen atoms in total. The predicted octanol–water partition coefficient (Wildman–Crippen LogP) is 3.13. The number of aromatic nitrogens is 3. The minimum atomic E-state index is -2.78. The van der Waals surface area contributed by atoms with Crippen molar-refractivity contribution in [2.24, 2.45) is 0 Å². The second-order valence-corrected chi connectivity index (χ2v) is 7.32. The summed E-state index contributed by atoms with van der Waals surface area (Å²) in [7, 11) is 0. The van der Waals surface area contributed by atoms with E-state index in [0.29, 0.717) is 37.2 Å². The molecule has 1 aliphatic heterocycles. The van der Waals surface area contributed by atoms with E-state index < -0.39 is 18.0 Å². The average molecular weight is 450 g/mol. The van der Waals surface area contributed by atoms with Gasteiger partial charge in [-0.2, -0.15) is 5.10 Å². The molecule has 11 heteroatoms. The van der Waals surface area contributed by atoms with Crippen LogP contribution in [-0.2, 0) is 16.1 Å². The molecule has 0 radical (unpaired) electrons. The number of carbonyl (C=O) groups excluding carboxylic acids is 2. The Kier molecular flexibility index (Phi) is 6.10. The Labute approximate surface area is 180 Å². The lowest BCUT2D eigenvalue weighted by Gasteiger charge is -2.26. The Bertz CT molecular complexity index is 1130. The maximum atomic E-state index is 12.8. The number of anilines is 1. The number of morpholine rings is 1. The maximum Gasteiger partial charge on any atom is 0.280 e. The highest BCUT2D eigenvalue weighted by Crippen LogP contribution is 2.28. The third-order valence-corrected chi connectivity index (χ3v) is 5.09. The highest BCUT2D eigenvalue weighted by molar-refractivity contribution is 6.34. The second-order valence-electron chi connectivity index (χ2n) is 6.91. The van der Waals surface area contributed by atoms with E-state index in [2.05, 4.69) is 15.4 Å². The monoisotopic (exact) mass is 449 g/mol. The average Bonchev–Trinajstić information content (AvgIpc) is 3.15. The van der Waals surface area contributed by atoms with Gasteiger partial charge in [-0.1, -0.05) is 17.7 Å². The van der Waals surface area contributed by atoms with E-state index in [1.165, 1.54) is 16.8 Å². The smallest absolute Gasteiger partial charge is 0.280 e. The molecule has 4 rings (SSSR count). The van der Waals surface area contributed by atoms with Crippen LogP contribution in [0.3, 0.4) is 0 Å². The first-order valence-corrected chi connectivity index (χ1v) is 9.87. The van der Waals surface area contributed by atoms with Gasteiger partial charge >= 0.3 is 0 Å². The highest BCUT2D eigenvalue weighted by atomic mass is 35.5. The molecule has 1 aromatic carbocycles. The normalized spacial score (nSPS) is 14.3. The Morgan fingerprint density at radius 1 is 1.23 bits per heavy atom. The minimum absolute atomic E-state index is 0.0678. The molecule has 1 N–H and O–H groups in total. The lowest BCUT2D eigenvalue weighted by molar-refractivity contribution is -0.136. The summed E-state index contributed by atoms with van der Waals surface area (Å²) in [5.41, 5.74) is 0.194. The van der Waals surface area contributed by atoms with E-state index in [1.54, 1.807) is 23.2 Å². The summed E-state index contributed by atoms with van der Waals surface area (Å²) in [5.74, 6) is -0.737. The van der Waals surface area contributed by atoms with Crippen molar-refractivity contribution in [2.75, 3.05) is 31.6 Å². The van der Waals surface area contributed by atoms with Gasteiger partial charge in [-0.25, -0.2) is 13.8 Å². The largest absolute Gasteiger partial charge is 0.378 e. The summed E-state index contributed by atoms with van der Waals surface area (Å²) in [6.45, 7) is 2.18. The van der Waals surface area contributed by atoms with Crippen LogP contribution in [0.2, 0.25) is 5.02 Å². The van der Waals surface area contributed by atoms with Crippen LogP contribution in [-0.4, -0.2) is 57.8 Å². The third-order valence-electron chi connectivity index (χ3n) is 4.78. The maximum absolute atomic E-state index is 12.8. The molecule has 0 spiro atoms. The summed E-state index contributed by atoms with van der Waals surface area (Å²) >= 11 is 6.26. The SMILES string of the molecule is O=C(Nc1cc2cn(CC(=O)N3CCOCC3)nc2cc1Cl)c1cccc(C(F)F)n1. The van der Waals surface area contributed by atoms with Crippen molar-refractivity contribution in [1.29, 1.82) is 0 Å². The van der Waals surface area contributed by atoms with Gasteiger partial charge in [0, 0.05) is 24.7 Å². The molecule has 2 aromatic heterocycles. The number of pyridine rings is 1. The van der Waals surface area contributed by atoms with Crippen LogP contribution in [0, 0.1) is 0 Å². The van der Waals surface area contributed by atoms with Crippen LogP contribution in [0.5, 0.6) is 0 Å². The number of fused-ring (bicyclic) bond motifs is 1. The van der Waals surface area contributed by atoms with Crippen molar-refractivity contribution in [3.8, 4) is 0 Å². The molecule has 0 bridgehead atoms. The number of benzene rings is 1. The summed E-state index contributed by atoms with van der Waals surface area (Å²) in [5, 5.41) is 7.82. The van der Waals surface area contributed by atoms with E-state index in [0.717, 1.165) is 6.07 Å². The molecule has 1 saturated heterocycles. The van der Waals surface area contributed by atoms with Gasteiger partial charge in [0.25, 0.3) is 12.3 Å². The van der Waals surface area contributed by atoms with Gasteiger partial charge in [-0.15, -0.1) is 0 Å². The Morgan fingerprint density at radius 2 is 2.00 bits per heavy atom. The number of carbonyl (C=O) groups is 2. The summed E-state index contributed by atoms with van der Waals surface area (Å²) < 4.78 is 32.4. The number of halogens is 3. The standard InChI is InChI=1S/C20H18ClF2N5O3/c21-13-9-16-12(10-28(26-16)11-18(29)27-4-6-31-7-5-27)8-17(13)25-20(30)15-3-1-2-14(24-15)19(22)23/h1-3,8-10,19H,4-7,11H2,(H,25,30). The first kappa shape index (κ1) is 21.1. The number of ether oxygens (including phenoxy) is 1. The number of hydrogen-bond donors (Lipinski definition) is 1. The van der Waals surface area contributed by atoms with E-state index >= 15 is 0 Å². The summed E-state index contributed by atoms with van der Waals surface area (Å²) in [6, 6.07) is 6.99. The van der Waals surface area contributed by atoms with Gasteiger partial charge in [-0.3, -0.25) is 14.3 Å². The van der Waals surface area contributed by atoms with Crippen molar-refractivity contribution in [2.45, 2.75) is 13.0 Å². The van der Waals surface area contributed by atoms with Crippen LogP contribution < -0.4 is 5.32 Å². The Hall–Kier alpha value is -3.11. The van der Waals surface area contributed by atoms with Gasteiger partial charge in [-0.05, 0) is 24.3 Å². The first-order chi connectivity index (χ1) is 14.9. The number of nitrogens with zero attached hydrogens (tertiary/aromatic N) is 4. The lowest BCUT2D eigenvalue weighted by Crippen LogP contribution is -2.42. The van der Waals surface area contributed by atoms with Crippen molar-refractivity contribution in [3.63, 3.8) is 0 Å². The molecule has 1 aliphatic rings. The van der Waals surface area contributed by atoms with Crippen LogP contribution in [0.4, 0.5) is 14.5 Å². The van der Waals surface area contributed by atoms with E-state index in [9.17, 15) is 18.4 Å². The zero-order valence-electron chi connectivity index (χ0n) is 16.2. The highest BCUT2D eigenvalue weighted by Gasteiger charge is 2.19. The van der Waals surface area contributed by atoms with E-state index in [4.69, 9.17) is 16.3 Å². The van der Waals surface area contributed by atoms with Crippen molar-refractivity contribution in [1.82, 2.24) is 19.7 Å². The third kappa shape index (κ3) is 4.80. The predicted molar refractivity (Wildman–Crippen MR) is 109 cm³/mol. The molecule has 0 saturated carbocycles. The first-order valence-electron chi connectivity index (χ1n) is 9.49. The molecule has 162 valence electrons. The number of nitrogens with one attached hydrogen (secondary N) is 1. The van der Waals surface area contributed by atoms with Gasteiger partial charge in [0.15, 0.2) is 0 Å². The van der Waals surface area contributed by atoms with Gasteiger partial charge in [0.1, 0.15) is 17.9 Å². The molecule has 2 amide bonds. The quantitative estimate of drug-likeness (QED) is 0.646. The van der Waals surface area contributed by atoms with Crippen molar-refractivity contribution < 1.29 is 23.1 Å². The molecule has 0 aliphatic carbocycles. The number of rotatable bonds is 5. The topological polar surface area (TPSA) is 89.4 Å². The molecular formula is C20H18ClF2N5O3. The fourth-order valence-corrected chi connectivity index (χ4v) is 3.42. The van der Waals surface area contributed by atoms with Crippen LogP contribution in [0.15, 0.2) is 36.5 Å². The van der Waals surface area contributed by atoms with Gasteiger partial charge in [0.2, 0.25) is 5.91 Å². The molecule has 0 unspecified atom stereocenters. The molecule has 1 fully saturated rings. The second kappa shape index (κ2) is 8.94. The molecular weight excluding hydrogens is 432 g/mol. The van der Waals surface area contributed by atoms with Crippen LogP contribution >= 0.6 is 11.6 Å². The minimum Gasteiger partial charge on any atom is -0.378 e. The molecule has 31 heavy (non-hydrogen) atoms. The zero-order chi connectivity index (χ0) is 22.0. The van der Waals surface area contributed by atoms with E-state index in [-0.39, 0.29) is 28.9 Å². The summed E-state index contributed by atoms with van der Waals surface area (Å²) in [4.78, 5) is 30.3.